The first-order valence-electron chi connectivity index (χ1n) is 10.2. The summed E-state index contributed by atoms with van der Waals surface area (Å²) in [4.78, 5) is 18.0. The Hall–Kier alpha value is -3.47. The normalized spacial score (nSPS) is 11.6. The van der Waals surface area contributed by atoms with E-state index in [0.717, 1.165) is 16.9 Å². The van der Waals surface area contributed by atoms with Crippen LogP contribution < -0.4 is 10.3 Å². The first kappa shape index (κ1) is 22.7. The highest BCUT2D eigenvalue weighted by Crippen LogP contribution is 2.35. The van der Waals surface area contributed by atoms with Crippen molar-refractivity contribution in [1.82, 2.24) is 25.6 Å². The van der Waals surface area contributed by atoms with Gasteiger partial charge < -0.3 is 9.72 Å². The van der Waals surface area contributed by atoms with E-state index in [1.807, 2.05) is 18.2 Å². The standard InChI is InChI=1S/C22H20F3N5O2S/c1-2-15-8-9-18(33-15)16-12-17(26-21(31)19(16)20-27-29-30-28-20)13-4-6-14(7-5-13)32-11-3-10-22(23,24)25/h4-9,12H,2-3,10-11H2,1H3,(H,26,31)(H,27,28,29,30). The molecule has 3 heterocycles. The molecule has 0 radical (unpaired) electrons. The Morgan fingerprint density at radius 3 is 2.55 bits per heavy atom. The van der Waals surface area contributed by atoms with Gasteiger partial charge in [-0.25, -0.2) is 0 Å². The third kappa shape index (κ3) is 5.48. The van der Waals surface area contributed by atoms with Crippen LogP contribution in [0.2, 0.25) is 0 Å². The average Bonchev–Trinajstić information content (AvgIpc) is 3.48. The Morgan fingerprint density at radius 1 is 1.12 bits per heavy atom. The van der Waals surface area contributed by atoms with Gasteiger partial charge in [-0.2, -0.15) is 18.4 Å². The van der Waals surface area contributed by atoms with Crippen molar-refractivity contribution in [2.75, 3.05) is 6.61 Å². The number of aromatic amines is 2. The lowest BCUT2D eigenvalue weighted by Crippen LogP contribution is -2.12. The van der Waals surface area contributed by atoms with Gasteiger partial charge in [-0.15, -0.1) is 21.5 Å². The number of alkyl halides is 3. The highest BCUT2D eigenvalue weighted by molar-refractivity contribution is 7.15. The number of rotatable bonds is 8. The Labute approximate surface area is 190 Å². The Bertz CT molecular complexity index is 1260. The number of aromatic nitrogens is 5. The van der Waals surface area contributed by atoms with Crippen molar-refractivity contribution in [2.45, 2.75) is 32.4 Å². The Balaban J connectivity index is 1.63. The number of ether oxygens (including phenoxy) is 1. The lowest BCUT2D eigenvalue weighted by Gasteiger charge is -2.10. The summed E-state index contributed by atoms with van der Waals surface area (Å²) in [5.41, 5.74) is 1.96. The molecule has 0 aliphatic rings. The summed E-state index contributed by atoms with van der Waals surface area (Å²) in [7, 11) is 0. The van der Waals surface area contributed by atoms with Gasteiger partial charge in [-0.3, -0.25) is 4.79 Å². The summed E-state index contributed by atoms with van der Waals surface area (Å²) >= 11 is 1.59. The molecular weight excluding hydrogens is 455 g/mol. The molecule has 4 rings (SSSR count). The molecule has 7 nitrogen and oxygen atoms in total. The molecule has 0 unspecified atom stereocenters. The Kier molecular flexibility index (Phi) is 6.59. The molecule has 0 saturated carbocycles. The van der Waals surface area contributed by atoms with Crippen LogP contribution in [0.5, 0.6) is 5.75 Å². The second-order valence-corrected chi connectivity index (χ2v) is 8.42. The molecule has 0 spiro atoms. The zero-order valence-corrected chi connectivity index (χ0v) is 18.4. The van der Waals surface area contributed by atoms with Crippen molar-refractivity contribution in [1.29, 1.82) is 0 Å². The molecule has 2 N–H and O–H groups in total. The first-order chi connectivity index (χ1) is 15.8. The van der Waals surface area contributed by atoms with Crippen LogP contribution in [0.15, 0.2) is 47.3 Å². The van der Waals surface area contributed by atoms with Crippen molar-refractivity contribution >= 4 is 11.3 Å². The molecule has 0 bridgehead atoms. The fourth-order valence-corrected chi connectivity index (χ4v) is 4.28. The van der Waals surface area contributed by atoms with Gasteiger partial charge in [-0.05, 0) is 66.1 Å². The monoisotopic (exact) mass is 475 g/mol. The minimum Gasteiger partial charge on any atom is -0.494 e. The second kappa shape index (κ2) is 9.57. The van der Waals surface area contributed by atoms with Gasteiger partial charge >= 0.3 is 6.18 Å². The third-order valence-corrected chi connectivity index (χ3v) is 6.18. The van der Waals surface area contributed by atoms with Crippen molar-refractivity contribution < 1.29 is 17.9 Å². The first-order valence-corrected chi connectivity index (χ1v) is 11.1. The minimum atomic E-state index is -4.19. The van der Waals surface area contributed by atoms with Crippen LogP contribution in [0.3, 0.4) is 0 Å². The van der Waals surface area contributed by atoms with Gasteiger partial charge in [0.2, 0.25) is 5.82 Å². The summed E-state index contributed by atoms with van der Waals surface area (Å²) in [6, 6.07) is 12.7. The van der Waals surface area contributed by atoms with Crippen LogP contribution in [-0.4, -0.2) is 38.4 Å². The molecular formula is C22H20F3N5O2S. The van der Waals surface area contributed by atoms with Crippen LogP contribution in [-0.2, 0) is 6.42 Å². The van der Waals surface area contributed by atoms with E-state index in [4.69, 9.17) is 4.74 Å². The SMILES string of the molecule is CCc1ccc(-c2cc(-c3ccc(OCCCC(F)(F)F)cc3)[nH]c(=O)c2-c2nn[nH]n2)s1. The van der Waals surface area contributed by atoms with E-state index in [1.165, 1.54) is 4.88 Å². The van der Waals surface area contributed by atoms with Crippen LogP contribution in [0.25, 0.3) is 33.1 Å². The maximum atomic E-state index is 13.0. The summed E-state index contributed by atoms with van der Waals surface area (Å²) in [6.45, 7) is 2.03. The quantitative estimate of drug-likeness (QED) is 0.340. The van der Waals surface area contributed by atoms with Gasteiger partial charge in [0.25, 0.3) is 5.56 Å². The molecule has 0 fully saturated rings. The molecule has 0 atom stereocenters. The molecule has 11 heteroatoms. The van der Waals surface area contributed by atoms with E-state index in [-0.39, 0.29) is 24.4 Å². The van der Waals surface area contributed by atoms with Crippen molar-refractivity contribution in [2.24, 2.45) is 0 Å². The molecule has 1 aromatic carbocycles. The van der Waals surface area contributed by atoms with Crippen molar-refractivity contribution in [3.05, 3.63) is 57.7 Å². The second-order valence-electron chi connectivity index (χ2n) is 7.25. The summed E-state index contributed by atoms with van der Waals surface area (Å²) < 4.78 is 42.2. The molecule has 0 aliphatic heterocycles. The number of thiophene rings is 1. The van der Waals surface area contributed by atoms with Gasteiger partial charge in [-0.1, -0.05) is 6.92 Å². The van der Waals surface area contributed by atoms with E-state index in [9.17, 15) is 18.0 Å². The number of pyridine rings is 1. The maximum absolute atomic E-state index is 13.0. The maximum Gasteiger partial charge on any atom is 0.389 e. The van der Waals surface area contributed by atoms with E-state index >= 15 is 0 Å². The Morgan fingerprint density at radius 2 is 1.91 bits per heavy atom. The zero-order valence-electron chi connectivity index (χ0n) is 17.6. The predicted octanol–water partition coefficient (Wildman–Crippen LogP) is 5.23. The van der Waals surface area contributed by atoms with Gasteiger partial charge in [0, 0.05) is 27.4 Å². The average molecular weight is 475 g/mol. The van der Waals surface area contributed by atoms with E-state index in [2.05, 4.69) is 32.5 Å². The van der Waals surface area contributed by atoms with E-state index in [0.29, 0.717) is 22.6 Å². The molecule has 0 saturated heterocycles. The van der Waals surface area contributed by atoms with Gasteiger partial charge in [0.05, 0.1) is 12.2 Å². The molecule has 0 aliphatic carbocycles. The fourth-order valence-electron chi connectivity index (χ4n) is 3.31. The van der Waals surface area contributed by atoms with Crippen molar-refractivity contribution in [3.8, 4) is 38.8 Å². The predicted molar refractivity (Wildman–Crippen MR) is 119 cm³/mol. The molecule has 3 aromatic heterocycles. The van der Waals surface area contributed by atoms with E-state index < -0.39 is 12.6 Å². The van der Waals surface area contributed by atoms with Crippen LogP contribution >= 0.6 is 11.3 Å². The van der Waals surface area contributed by atoms with Crippen molar-refractivity contribution in [3.63, 3.8) is 0 Å². The zero-order chi connectivity index (χ0) is 23.4. The summed E-state index contributed by atoms with van der Waals surface area (Å²) in [6.07, 6.45) is -4.31. The number of tetrazole rings is 1. The lowest BCUT2D eigenvalue weighted by atomic mass is 10.0. The van der Waals surface area contributed by atoms with Crippen LogP contribution in [0.4, 0.5) is 13.2 Å². The number of halogens is 3. The number of aryl methyl sites for hydroxylation is 1. The molecule has 0 amide bonds. The highest BCUT2D eigenvalue weighted by Gasteiger charge is 2.26. The topological polar surface area (TPSA) is 96.5 Å². The van der Waals surface area contributed by atoms with Gasteiger partial charge in [0.15, 0.2) is 0 Å². The number of nitrogens with zero attached hydrogens (tertiary/aromatic N) is 3. The number of hydrogen-bond acceptors (Lipinski definition) is 6. The minimum absolute atomic E-state index is 0.0304. The molecule has 33 heavy (non-hydrogen) atoms. The van der Waals surface area contributed by atoms with Crippen LogP contribution in [0.1, 0.15) is 24.6 Å². The van der Waals surface area contributed by atoms with Gasteiger partial charge in [0.1, 0.15) is 5.75 Å². The lowest BCUT2D eigenvalue weighted by molar-refractivity contribution is -0.136. The molecule has 172 valence electrons. The number of H-pyrrole nitrogens is 2. The summed E-state index contributed by atoms with van der Waals surface area (Å²) in [5, 5.41) is 13.9. The van der Waals surface area contributed by atoms with E-state index in [1.54, 1.807) is 35.6 Å². The number of hydrogen-bond donors (Lipinski definition) is 2. The third-order valence-electron chi connectivity index (χ3n) is 4.92. The highest BCUT2D eigenvalue weighted by atomic mass is 32.1. The summed E-state index contributed by atoms with van der Waals surface area (Å²) in [5.74, 6) is 0.657. The molecule has 4 aromatic rings. The smallest absolute Gasteiger partial charge is 0.389 e. The number of nitrogens with one attached hydrogen (secondary N) is 2. The van der Waals surface area contributed by atoms with Crippen LogP contribution in [0, 0.1) is 0 Å². The number of benzene rings is 1. The fraction of sp³-hybridized carbons (Fsp3) is 0.273. The largest absolute Gasteiger partial charge is 0.494 e.